The number of carbonyl (C=O) groups is 2. The van der Waals surface area contributed by atoms with Crippen LogP contribution >= 0.6 is 0 Å². The van der Waals surface area contributed by atoms with Crippen molar-refractivity contribution in [3.63, 3.8) is 0 Å². The normalized spacial score (nSPS) is 17.9. The summed E-state index contributed by atoms with van der Waals surface area (Å²) in [5.74, 6) is -0.883. The molecular formula is C23H20N2O6. The van der Waals surface area contributed by atoms with Gasteiger partial charge in [-0.25, -0.2) is 0 Å². The fraction of sp³-hybridized carbons (Fsp3) is 0.174. The first-order chi connectivity index (χ1) is 14.9. The number of Topliss-reactive ketones (excluding diaryl/α,β-unsaturated/α-hetero) is 1. The Bertz CT molecular complexity index is 1180. The zero-order valence-corrected chi connectivity index (χ0v) is 16.9. The van der Waals surface area contributed by atoms with Gasteiger partial charge in [-0.3, -0.25) is 14.5 Å². The summed E-state index contributed by atoms with van der Waals surface area (Å²) < 4.78 is 10.5. The Morgan fingerprint density at radius 1 is 1.16 bits per heavy atom. The number of aromatic nitrogens is 1. The largest absolute Gasteiger partial charge is 0.508 e. The van der Waals surface area contributed by atoms with E-state index in [4.69, 9.17) is 9.26 Å². The second kappa shape index (κ2) is 7.98. The van der Waals surface area contributed by atoms with Crippen molar-refractivity contribution in [2.24, 2.45) is 0 Å². The fourth-order valence-corrected chi connectivity index (χ4v) is 3.58. The first-order valence-electron chi connectivity index (χ1n) is 9.67. The van der Waals surface area contributed by atoms with Gasteiger partial charge in [-0.05, 0) is 55.8 Å². The molecular weight excluding hydrogens is 400 g/mol. The van der Waals surface area contributed by atoms with Crippen LogP contribution in [-0.4, -0.2) is 33.7 Å². The third-order valence-corrected chi connectivity index (χ3v) is 4.93. The Morgan fingerprint density at radius 2 is 1.90 bits per heavy atom. The van der Waals surface area contributed by atoms with Crippen molar-refractivity contribution in [3.05, 3.63) is 77.1 Å². The molecule has 1 amide bonds. The van der Waals surface area contributed by atoms with E-state index in [0.29, 0.717) is 29.2 Å². The van der Waals surface area contributed by atoms with Gasteiger partial charge >= 0.3 is 5.91 Å². The van der Waals surface area contributed by atoms with Crippen molar-refractivity contribution in [2.45, 2.75) is 19.9 Å². The van der Waals surface area contributed by atoms with E-state index in [-0.39, 0.29) is 22.9 Å². The number of phenolic OH excluding ortho intramolecular Hbond substituents is 1. The van der Waals surface area contributed by atoms with Gasteiger partial charge in [-0.2, -0.15) is 0 Å². The summed E-state index contributed by atoms with van der Waals surface area (Å²) >= 11 is 0. The Morgan fingerprint density at radius 3 is 2.52 bits per heavy atom. The molecule has 1 unspecified atom stereocenters. The fourth-order valence-electron chi connectivity index (χ4n) is 3.58. The highest BCUT2D eigenvalue weighted by Crippen LogP contribution is 2.42. The predicted molar refractivity (Wildman–Crippen MR) is 112 cm³/mol. The van der Waals surface area contributed by atoms with E-state index in [0.717, 1.165) is 4.90 Å². The molecule has 3 aromatic rings. The minimum atomic E-state index is -0.997. The molecule has 0 bridgehead atoms. The SMILES string of the molecule is CCOc1ccc(C(O)=C2C(=O)C(=O)N(c3cc(C)on3)C2c2cccc(O)c2)cc1. The van der Waals surface area contributed by atoms with Gasteiger partial charge in [0.05, 0.1) is 18.2 Å². The number of hydrogen-bond acceptors (Lipinski definition) is 7. The Hall–Kier alpha value is -4.07. The van der Waals surface area contributed by atoms with Gasteiger partial charge in [0, 0.05) is 11.6 Å². The van der Waals surface area contributed by atoms with Gasteiger partial charge in [0.1, 0.15) is 23.0 Å². The molecule has 0 saturated carbocycles. The zero-order valence-electron chi connectivity index (χ0n) is 16.9. The second-order valence-electron chi connectivity index (χ2n) is 7.02. The molecule has 2 aromatic carbocycles. The Balaban J connectivity index is 1.89. The summed E-state index contributed by atoms with van der Waals surface area (Å²) in [5.41, 5.74) is 0.677. The lowest BCUT2D eigenvalue weighted by Crippen LogP contribution is -2.29. The van der Waals surface area contributed by atoms with Gasteiger partial charge in [-0.1, -0.05) is 17.3 Å². The number of benzene rings is 2. The number of aliphatic hydroxyl groups is 1. The van der Waals surface area contributed by atoms with Crippen LogP contribution < -0.4 is 9.64 Å². The van der Waals surface area contributed by atoms with Crippen molar-refractivity contribution >= 4 is 23.3 Å². The van der Waals surface area contributed by atoms with Crippen molar-refractivity contribution in [2.75, 3.05) is 11.5 Å². The molecule has 8 nitrogen and oxygen atoms in total. The second-order valence-corrected chi connectivity index (χ2v) is 7.02. The van der Waals surface area contributed by atoms with E-state index < -0.39 is 17.7 Å². The minimum Gasteiger partial charge on any atom is -0.508 e. The van der Waals surface area contributed by atoms with E-state index >= 15 is 0 Å². The maximum Gasteiger partial charge on any atom is 0.301 e. The average Bonchev–Trinajstić information content (AvgIpc) is 3.29. The molecule has 1 aromatic heterocycles. The highest BCUT2D eigenvalue weighted by atomic mass is 16.5. The number of ether oxygens (including phenoxy) is 1. The minimum absolute atomic E-state index is 0.0412. The third-order valence-electron chi connectivity index (χ3n) is 4.93. The molecule has 8 heteroatoms. The van der Waals surface area contributed by atoms with Gasteiger partial charge in [0.2, 0.25) is 0 Å². The highest BCUT2D eigenvalue weighted by molar-refractivity contribution is 6.51. The summed E-state index contributed by atoms with van der Waals surface area (Å²) in [5, 5.41) is 24.9. The van der Waals surface area contributed by atoms with Gasteiger partial charge in [0.15, 0.2) is 5.82 Å². The maximum absolute atomic E-state index is 13.0. The number of amides is 1. The molecule has 158 valence electrons. The molecule has 1 aliphatic heterocycles. The first kappa shape index (κ1) is 20.2. The summed E-state index contributed by atoms with van der Waals surface area (Å²) in [4.78, 5) is 27.1. The van der Waals surface area contributed by atoms with Crippen LogP contribution in [0.1, 0.15) is 29.9 Å². The van der Waals surface area contributed by atoms with Crippen molar-refractivity contribution < 1.29 is 29.1 Å². The van der Waals surface area contributed by atoms with Crippen LogP contribution in [0.25, 0.3) is 5.76 Å². The molecule has 1 atom stereocenters. The monoisotopic (exact) mass is 420 g/mol. The van der Waals surface area contributed by atoms with Crippen molar-refractivity contribution in [3.8, 4) is 11.5 Å². The van der Waals surface area contributed by atoms with E-state index in [1.165, 1.54) is 18.2 Å². The number of hydrogen-bond donors (Lipinski definition) is 2. The van der Waals surface area contributed by atoms with Gasteiger partial charge in [0.25, 0.3) is 5.78 Å². The lowest BCUT2D eigenvalue weighted by molar-refractivity contribution is -0.132. The number of aromatic hydroxyl groups is 1. The van der Waals surface area contributed by atoms with Gasteiger partial charge in [-0.15, -0.1) is 0 Å². The van der Waals surface area contributed by atoms with Crippen molar-refractivity contribution in [1.29, 1.82) is 0 Å². The Kier molecular flexibility index (Phi) is 5.21. The molecule has 0 aliphatic carbocycles. The molecule has 0 spiro atoms. The molecule has 2 N–H and O–H groups in total. The van der Waals surface area contributed by atoms with Crippen LogP contribution in [-0.2, 0) is 9.59 Å². The maximum atomic E-state index is 13.0. The van der Waals surface area contributed by atoms with Crippen LogP contribution in [0.4, 0.5) is 5.82 Å². The molecule has 2 heterocycles. The van der Waals surface area contributed by atoms with Crippen LogP contribution in [0.2, 0.25) is 0 Å². The van der Waals surface area contributed by atoms with Gasteiger partial charge < -0.3 is 19.5 Å². The standard InChI is InChI=1S/C23H20N2O6/c1-3-30-17-9-7-14(8-10-17)21(27)19-20(15-5-4-6-16(26)12-15)25(23(29)22(19)28)18-11-13(2)31-24-18/h4-12,20,26-27H,3H2,1-2H3. The third kappa shape index (κ3) is 3.63. The van der Waals surface area contributed by atoms with E-state index in [1.807, 2.05) is 6.92 Å². The highest BCUT2D eigenvalue weighted by Gasteiger charge is 2.48. The molecule has 4 rings (SSSR count). The van der Waals surface area contributed by atoms with E-state index in [1.54, 1.807) is 43.3 Å². The summed E-state index contributed by atoms with van der Waals surface area (Å²) in [7, 11) is 0. The summed E-state index contributed by atoms with van der Waals surface area (Å²) in [6, 6.07) is 13.2. The molecule has 31 heavy (non-hydrogen) atoms. The molecule has 1 fully saturated rings. The number of ketones is 1. The number of carbonyl (C=O) groups excluding carboxylic acids is 2. The number of phenols is 1. The number of rotatable bonds is 5. The average molecular weight is 420 g/mol. The number of aryl methyl sites for hydroxylation is 1. The van der Waals surface area contributed by atoms with Crippen molar-refractivity contribution in [1.82, 2.24) is 5.16 Å². The molecule has 1 saturated heterocycles. The van der Waals surface area contributed by atoms with E-state index in [2.05, 4.69) is 5.16 Å². The lowest BCUT2D eigenvalue weighted by Gasteiger charge is -2.23. The van der Waals surface area contributed by atoms with Crippen LogP contribution in [0.15, 0.2) is 64.7 Å². The molecule has 0 radical (unpaired) electrons. The molecule has 1 aliphatic rings. The smallest absolute Gasteiger partial charge is 0.301 e. The van der Waals surface area contributed by atoms with Crippen LogP contribution in [0.3, 0.4) is 0 Å². The quantitative estimate of drug-likeness (QED) is 0.367. The summed E-state index contributed by atoms with van der Waals surface area (Å²) in [6.07, 6.45) is 0. The topological polar surface area (TPSA) is 113 Å². The van der Waals surface area contributed by atoms with Crippen LogP contribution in [0.5, 0.6) is 11.5 Å². The summed E-state index contributed by atoms with van der Waals surface area (Å²) in [6.45, 7) is 4.01. The first-order valence-corrected chi connectivity index (χ1v) is 9.67. The predicted octanol–water partition coefficient (Wildman–Crippen LogP) is 3.71. The number of nitrogens with zero attached hydrogens (tertiary/aromatic N) is 2. The number of aliphatic hydroxyl groups excluding tert-OH is 1. The lowest BCUT2D eigenvalue weighted by atomic mass is 9.95. The Labute approximate surface area is 178 Å². The zero-order chi connectivity index (χ0) is 22.1. The van der Waals surface area contributed by atoms with E-state index in [9.17, 15) is 19.8 Å². The number of anilines is 1. The van der Waals surface area contributed by atoms with Crippen LogP contribution in [0, 0.1) is 6.92 Å².